The van der Waals surface area contributed by atoms with Crippen molar-refractivity contribution < 1.29 is 55.9 Å². The van der Waals surface area contributed by atoms with Crippen molar-refractivity contribution in [1.82, 2.24) is 0 Å². The van der Waals surface area contributed by atoms with E-state index in [-0.39, 0.29) is 33.9 Å². The van der Waals surface area contributed by atoms with Crippen molar-refractivity contribution in [2.45, 2.75) is 28.5 Å². The van der Waals surface area contributed by atoms with E-state index in [0.717, 1.165) is 23.1 Å². The molecule has 2 saturated heterocycles. The van der Waals surface area contributed by atoms with E-state index in [4.69, 9.17) is 27.9 Å². The van der Waals surface area contributed by atoms with Crippen LogP contribution in [0.25, 0.3) is 0 Å². The molecule has 11 nitrogen and oxygen atoms in total. The number of phenolic OH excluding ortho intramolecular Hbond substituents is 1. The molecule has 7 rings (SSSR count). The van der Waals surface area contributed by atoms with E-state index in [2.05, 4.69) is 0 Å². The number of allylic oxidation sites excluding steroid dienone is 2. The minimum atomic E-state index is -2.85. The van der Waals surface area contributed by atoms with Gasteiger partial charge in [-0.2, -0.15) is 0 Å². The minimum Gasteiger partial charge on any atom is -0.508 e. The fourth-order valence-corrected chi connectivity index (χ4v) is 8.73. The molecule has 0 bridgehead atoms. The predicted molar refractivity (Wildman–Crippen MR) is 167 cm³/mol. The molecule has 1 N–H and O–H groups in total. The first-order chi connectivity index (χ1) is 24.0. The van der Waals surface area contributed by atoms with E-state index in [1.165, 1.54) is 37.5 Å². The van der Waals surface area contributed by atoms with Gasteiger partial charge in [-0.05, 0) is 43.0 Å². The lowest BCUT2D eigenvalue weighted by atomic mass is 9.56. The average Bonchev–Trinajstić information content (AvgIpc) is 3.45. The molecular weight excluding hydrogens is 732 g/mol. The molecule has 264 valence electrons. The molecule has 3 fully saturated rings. The molecule has 0 spiro atoms. The zero-order valence-electron chi connectivity index (χ0n) is 25.6. The summed E-state index contributed by atoms with van der Waals surface area (Å²) in [6, 6.07) is 8.37. The number of non-ortho nitro benzene ring substituents is 1. The molecule has 2 aliphatic heterocycles. The Balaban J connectivity index is 1.44. The maximum atomic E-state index is 15.2. The Morgan fingerprint density at radius 1 is 0.882 bits per heavy atom. The van der Waals surface area contributed by atoms with Gasteiger partial charge in [0.2, 0.25) is 17.6 Å². The number of halogens is 7. The molecule has 4 amide bonds. The summed E-state index contributed by atoms with van der Waals surface area (Å²) in [5.74, 6) is -23.6. The van der Waals surface area contributed by atoms with Gasteiger partial charge in [0.25, 0.3) is 17.5 Å². The van der Waals surface area contributed by atoms with E-state index < -0.39 is 115 Å². The molecule has 1 saturated carbocycles. The van der Waals surface area contributed by atoms with Crippen LogP contribution in [0.5, 0.6) is 11.5 Å². The van der Waals surface area contributed by atoms with Crippen LogP contribution in [0.3, 0.4) is 0 Å². The first-order valence-electron chi connectivity index (χ1n) is 15.0. The number of fused-ring (bicyclic) bond motifs is 4. The van der Waals surface area contributed by atoms with E-state index >= 15 is 8.78 Å². The first-order valence-corrected chi connectivity index (χ1v) is 15.7. The first kappa shape index (κ1) is 34.4. The molecule has 3 aromatic rings. The second-order valence-corrected chi connectivity index (χ2v) is 13.6. The van der Waals surface area contributed by atoms with Gasteiger partial charge in [0.05, 0.1) is 29.6 Å². The summed E-state index contributed by atoms with van der Waals surface area (Å²) >= 11 is 14.1. The molecular formula is C33H20Cl2F5N3O8. The molecule has 0 unspecified atom stereocenters. The molecule has 4 aliphatic rings. The Morgan fingerprint density at radius 2 is 1.53 bits per heavy atom. The monoisotopic (exact) mass is 751 g/mol. The van der Waals surface area contributed by atoms with Crippen LogP contribution < -0.4 is 14.5 Å². The van der Waals surface area contributed by atoms with E-state index in [9.17, 15) is 47.6 Å². The number of amides is 4. The van der Waals surface area contributed by atoms with Crippen LogP contribution in [0.1, 0.15) is 24.3 Å². The number of hydrogen-bond acceptors (Lipinski definition) is 8. The molecule has 18 heteroatoms. The van der Waals surface area contributed by atoms with Crippen molar-refractivity contribution in [3.63, 3.8) is 0 Å². The topological polar surface area (TPSA) is 147 Å². The molecule has 51 heavy (non-hydrogen) atoms. The highest BCUT2D eigenvalue weighted by Crippen LogP contribution is 2.67. The Hall–Kier alpha value is -5.09. The summed E-state index contributed by atoms with van der Waals surface area (Å²) in [6.07, 6.45) is 0.487. The second kappa shape index (κ2) is 11.5. The number of carbonyl (C=O) groups is 4. The van der Waals surface area contributed by atoms with Gasteiger partial charge < -0.3 is 9.84 Å². The van der Waals surface area contributed by atoms with Crippen LogP contribution in [0.4, 0.5) is 39.0 Å². The van der Waals surface area contributed by atoms with Crippen LogP contribution in [-0.2, 0) is 19.2 Å². The fourth-order valence-electron chi connectivity index (χ4n) is 7.80. The number of alkyl halides is 2. The lowest BCUT2D eigenvalue weighted by Crippen LogP contribution is -2.60. The van der Waals surface area contributed by atoms with Gasteiger partial charge in [-0.25, -0.2) is 31.8 Å². The molecule has 3 aromatic carbocycles. The number of aromatic hydroxyl groups is 1. The van der Waals surface area contributed by atoms with E-state index in [1.807, 2.05) is 0 Å². The maximum absolute atomic E-state index is 15.2. The lowest BCUT2D eigenvalue weighted by molar-refractivity contribution is -0.384. The molecule has 2 heterocycles. The Kier molecular flexibility index (Phi) is 7.72. The smallest absolute Gasteiger partial charge is 0.271 e. The number of ether oxygens (including phenoxy) is 1. The van der Waals surface area contributed by atoms with Gasteiger partial charge in [0.15, 0.2) is 33.0 Å². The average molecular weight is 752 g/mol. The standard InChI is InChI=1S/C33H20Cl2F5N3O8/c1-51-14-5-8-19(44)17(10-14)21-15-6-7-16-20(29(46)41(28(16)45)12-3-2-4-13(9-12)43(49)50)18(15)11-32(34)30(47)42(31(48)33(21,32)35)27-25(39)23(37)22(36)24(38)26(27)40/h2-6,8-10,16,18,20-21,44H,7,11H2,1H3/t16-,18+,20-,21+,32+,33-/m0/s1. The minimum absolute atomic E-state index is 0.0806. The number of nitro groups is 1. The summed E-state index contributed by atoms with van der Waals surface area (Å²) in [6.45, 7) is 0. The van der Waals surface area contributed by atoms with Gasteiger partial charge in [0.1, 0.15) is 17.2 Å². The number of benzene rings is 3. The number of hydrogen-bond donors (Lipinski definition) is 1. The van der Waals surface area contributed by atoms with Crippen molar-refractivity contribution in [3.05, 3.63) is 98.9 Å². The Labute approximate surface area is 292 Å². The Bertz CT molecular complexity index is 2160. The van der Waals surface area contributed by atoms with Crippen molar-refractivity contribution in [2.75, 3.05) is 16.9 Å². The zero-order chi connectivity index (χ0) is 37.1. The van der Waals surface area contributed by atoms with Crippen molar-refractivity contribution in [2.24, 2.45) is 17.8 Å². The highest BCUT2D eigenvalue weighted by atomic mass is 35.5. The molecule has 6 atom stereocenters. The zero-order valence-corrected chi connectivity index (χ0v) is 27.1. The van der Waals surface area contributed by atoms with Gasteiger partial charge in [-0.3, -0.25) is 29.3 Å². The van der Waals surface area contributed by atoms with E-state index in [1.54, 1.807) is 0 Å². The van der Waals surface area contributed by atoms with Crippen LogP contribution >= 0.6 is 23.2 Å². The highest BCUT2D eigenvalue weighted by molar-refractivity contribution is 6.58. The largest absolute Gasteiger partial charge is 0.508 e. The van der Waals surface area contributed by atoms with Gasteiger partial charge in [-0.15, -0.1) is 23.2 Å². The molecule has 0 aromatic heterocycles. The third kappa shape index (κ3) is 4.41. The quantitative estimate of drug-likeness (QED) is 0.0505. The normalized spacial score (nSPS) is 28.4. The second-order valence-electron chi connectivity index (χ2n) is 12.4. The van der Waals surface area contributed by atoms with Crippen LogP contribution in [0, 0.1) is 57.0 Å². The number of methoxy groups -OCH3 is 1. The van der Waals surface area contributed by atoms with E-state index in [0.29, 0.717) is 0 Å². The summed E-state index contributed by atoms with van der Waals surface area (Å²) in [5.41, 5.74) is -2.64. The van der Waals surface area contributed by atoms with Gasteiger partial charge in [-0.1, -0.05) is 17.7 Å². The van der Waals surface area contributed by atoms with Crippen LogP contribution in [-0.4, -0.2) is 50.5 Å². The summed E-state index contributed by atoms with van der Waals surface area (Å²) in [4.78, 5) is 62.0. The third-order valence-corrected chi connectivity index (χ3v) is 11.5. The lowest BCUT2D eigenvalue weighted by Gasteiger charge is -2.50. The Morgan fingerprint density at radius 3 is 2.16 bits per heavy atom. The third-order valence-electron chi connectivity index (χ3n) is 10.1. The number of nitro benzene ring substituents is 1. The SMILES string of the molecule is COc1ccc(O)c([C@H]2C3=CC[C@@H]4C(=O)N(c5cccc([N+](=O)[O-])c5)C(=O)[C@@H]4[C@@H]3C[C@@]3(Cl)C(=O)N(c4c(F)c(F)c(F)c(F)c4F)C(=O)[C@@]23Cl)c1. The number of anilines is 2. The molecule has 2 aliphatic carbocycles. The number of rotatable bonds is 5. The highest BCUT2D eigenvalue weighted by Gasteiger charge is 2.77. The number of phenols is 1. The van der Waals surface area contributed by atoms with Crippen molar-refractivity contribution >= 4 is 63.9 Å². The number of nitrogens with zero attached hydrogens (tertiary/aromatic N) is 3. The summed E-state index contributed by atoms with van der Waals surface area (Å²) in [5, 5.41) is 22.6. The van der Waals surface area contributed by atoms with Gasteiger partial charge >= 0.3 is 0 Å². The number of carbonyl (C=O) groups excluding carboxylic acids is 4. The van der Waals surface area contributed by atoms with Gasteiger partial charge in [0, 0.05) is 23.6 Å². The van der Waals surface area contributed by atoms with Crippen LogP contribution in [0.2, 0.25) is 0 Å². The number of imide groups is 2. The van der Waals surface area contributed by atoms with Crippen molar-refractivity contribution in [3.8, 4) is 11.5 Å². The van der Waals surface area contributed by atoms with Crippen LogP contribution in [0.15, 0.2) is 54.1 Å². The van der Waals surface area contributed by atoms with Crippen molar-refractivity contribution in [1.29, 1.82) is 0 Å². The summed E-state index contributed by atoms with van der Waals surface area (Å²) < 4.78 is 78.5. The maximum Gasteiger partial charge on any atom is 0.271 e. The fraction of sp³-hybridized carbons (Fsp3) is 0.273. The predicted octanol–water partition coefficient (Wildman–Crippen LogP) is 5.77. The molecule has 0 radical (unpaired) electrons. The summed E-state index contributed by atoms with van der Waals surface area (Å²) in [7, 11) is 1.26.